The Bertz CT molecular complexity index is 947. The number of fused-ring (bicyclic) bond motifs is 3. The van der Waals surface area contributed by atoms with Gasteiger partial charge in [-0.25, -0.2) is 4.79 Å². The van der Waals surface area contributed by atoms with Crippen molar-refractivity contribution in [3.63, 3.8) is 0 Å². The second-order valence-electron chi connectivity index (χ2n) is 8.29. The maximum Gasteiger partial charge on any atom is 0.407 e. The van der Waals surface area contributed by atoms with Crippen LogP contribution >= 0.6 is 0 Å². The minimum Gasteiger partial charge on any atom is -0.481 e. The highest BCUT2D eigenvalue weighted by Crippen LogP contribution is 2.44. The van der Waals surface area contributed by atoms with Crippen LogP contribution < -0.4 is 10.6 Å². The number of hydrogen-bond acceptors (Lipinski definition) is 5. The molecule has 8 nitrogen and oxygen atoms in total. The standard InChI is InChI=1S/C26H32N2O6/c1-2-18(15-25(30)31)16-28-24(29)11-13-33-14-12-27-26(32)34-17-23-21-9-5-3-7-19(21)20-8-4-6-10-22(20)23/h3-10,18,23H,2,11-17H2,1H3,(H,27,32)(H,28,29)(H,30,31). The summed E-state index contributed by atoms with van der Waals surface area (Å²) in [5, 5.41) is 14.2. The van der Waals surface area contributed by atoms with E-state index < -0.39 is 12.1 Å². The van der Waals surface area contributed by atoms with Crippen LogP contribution in [-0.4, -0.2) is 56.0 Å². The first kappa shape index (κ1) is 25.2. The second-order valence-corrected chi connectivity index (χ2v) is 8.29. The van der Waals surface area contributed by atoms with Gasteiger partial charge in [0.15, 0.2) is 0 Å². The molecule has 3 rings (SSSR count). The molecule has 0 saturated heterocycles. The minimum atomic E-state index is -0.867. The van der Waals surface area contributed by atoms with Crippen LogP contribution in [0.1, 0.15) is 43.2 Å². The van der Waals surface area contributed by atoms with Crippen LogP contribution in [0.3, 0.4) is 0 Å². The molecule has 1 aliphatic carbocycles. The van der Waals surface area contributed by atoms with E-state index in [1.54, 1.807) is 0 Å². The van der Waals surface area contributed by atoms with Gasteiger partial charge in [-0.2, -0.15) is 0 Å². The quantitative estimate of drug-likeness (QED) is 0.388. The monoisotopic (exact) mass is 468 g/mol. The van der Waals surface area contributed by atoms with Crippen molar-refractivity contribution in [2.75, 3.05) is 32.9 Å². The molecular weight excluding hydrogens is 436 g/mol. The van der Waals surface area contributed by atoms with E-state index >= 15 is 0 Å². The molecule has 0 aliphatic heterocycles. The lowest BCUT2D eigenvalue weighted by Gasteiger charge is -2.15. The number of hydrogen-bond donors (Lipinski definition) is 3. The minimum absolute atomic E-state index is 0.00992. The Hall–Kier alpha value is -3.39. The molecule has 0 aromatic heterocycles. The first-order valence-corrected chi connectivity index (χ1v) is 11.6. The van der Waals surface area contributed by atoms with Gasteiger partial charge in [0.1, 0.15) is 6.61 Å². The summed E-state index contributed by atoms with van der Waals surface area (Å²) in [7, 11) is 0. The molecule has 0 spiro atoms. The van der Waals surface area contributed by atoms with Crippen molar-refractivity contribution in [1.82, 2.24) is 10.6 Å². The van der Waals surface area contributed by atoms with Gasteiger partial charge in [0.25, 0.3) is 0 Å². The SMILES string of the molecule is CCC(CNC(=O)CCOCCNC(=O)OCC1c2ccccc2-c2ccccc21)CC(=O)O. The zero-order chi connectivity index (χ0) is 24.3. The Morgan fingerprint density at radius 2 is 1.62 bits per heavy atom. The van der Waals surface area contributed by atoms with Gasteiger partial charge >= 0.3 is 12.1 Å². The molecular formula is C26H32N2O6. The Morgan fingerprint density at radius 1 is 0.971 bits per heavy atom. The Labute approximate surface area is 199 Å². The number of amides is 2. The number of nitrogens with one attached hydrogen (secondary N) is 2. The van der Waals surface area contributed by atoms with Crippen LogP contribution in [0, 0.1) is 5.92 Å². The van der Waals surface area contributed by atoms with E-state index in [0.717, 1.165) is 11.1 Å². The van der Waals surface area contributed by atoms with Crippen molar-refractivity contribution in [2.45, 2.75) is 32.1 Å². The molecule has 8 heteroatoms. The molecule has 0 fully saturated rings. The molecule has 0 saturated carbocycles. The van der Waals surface area contributed by atoms with Crippen LogP contribution in [0.5, 0.6) is 0 Å². The molecule has 1 aliphatic rings. The summed E-state index contributed by atoms with van der Waals surface area (Å²) < 4.78 is 10.9. The number of carbonyl (C=O) groups excluding carboxylic acids is 2. The van der Waals surface area contributed by atoms with E-state index in [4.69, 9.17) is 14.6 Å². The molecule has 182 valence electrons. The first-order valence-electron chi connectivity index (χ1n) is 11.6. The van der Waals surface area contributed by atoms with Gasteiger partial charge < -0.3 is 25.2 Å². The molecule has 2 amide bonds. The topological polar surface area (TPSA) is 114 Å². The zero-order valence-electron chi connectivity index (χ0n) is 19.4. The van der Waals surface area contributed by atoms with Gasteiger partial charge in [0, 0.05) is 31.8 Å². The van der Waals surface area contributed by atoms with Crippen LogP contribution in [0.2, 0.25) is 0 Å². The van der Waals surface area contributed by atoms with E-state index in [-0.39, 0.29) is 57.0 Å². The molecule has 34 heavy (non-hydrogen) atoms. The van der Waals surface area contributed by atoms with Gasteiger partial charge in [-0.1, -0.05) is 61.9 Å². The Morgan fingerprint density at radius 3 is 2.24 bits per heavy atom. The summed E-state index contributed by atoms with van der Waals surface area (Å²) in [6.45, 7) is 3.23. The number of carboxylic acids is 1. The summed E-state index contributed by atoms with van der Waals surface area (Å²) in [5.74, 6) is -1.12. The number of rotatable bonds is 13. The number of ether oxygens (including phenoxy) is 2. The van der Waals surface area contributed by atoms with Gasteiger partial charge in [0.05, 0.1) is 13.2 Å². The Balaban J connectivity index is 1.30. The Kier molecular flexibility index (Phi) is 9.46. The lowest BCUT2D eigenvalue weighted by Crippen LogP contribution is -2.31. The van der Waals surface area contributed by atoms with E-state index in [2.05, 4.69) is 34.9 Å². The van der Waals surface area contributed by atoms with Crippen molar-refractivity contribution in [3.05, 3.63) is 59.7 Å². The molecule has 2 aromatic rings. The van der Waals surface area contributed by atoms with Gasteiger partial charge in [-0.15, -0.1) is 0 Å². The molecule has 1 unspecified atom stereocenters. The number of carbonyl (C=O) groups is 3. The van der Waals surface area contributed by atoms with E-state index in [1.807, 2.05) is 31.2 Å². The van der Waals surface area contributed by atoms with Gasteiger partial charge in [-0.05, 0) is 28.2 Å². The smallest absolute Gasteiger partial charge is 0.407 e. The van der Waals surface area contributed by atoms with Crippen LogP contribution in [0.15, 0.2) is 48.5 Å². The van der Waals surface area contributed by atoms with Crippen molar-refractivity contribution < 1.29 is 29.0 Å². The van der Waals surface area contributed by atoms with Crippen LogP contribution in [-0.2, 0) is 19.1 Å². The number of alkyl carbamates (subject to hydrolysis) is 1. The molecule has 0 radical (unpaired) electrons. The predicted molar refractivity (Wildman–Crippen MR) is 128 cm³/mol. The summed E-state index contributed by atoms with van der Waals surface area (Å²) >= 11 is 0. The second kappa shape index (κ2) is 12.7. The molecule has 0 heterocycles. The fraction of sp³-hybridized carbons (Fsp3) is 0.423. The van der Waals surface area contributed by atoms with E-state index in [1.165, 1.54) is 11.1 Å². The molecule has 1 atom stereocenters. The fourth-order valence-corrected chi connectivity index (χ4v) is 4.10. The third-order valence-corrected chi connectivity index (χ3v) is 5.96. The normalized spacial score (nSPS) is 13.0. The molecule has 0 bridgehead atoms. The highest BCUT2D eigenvalue weighted by molar-refractivity contribution is 5.79. The van der Waals surface area contributed by atoms with E-state index in [9.17, 15) is 14.4 Å². The first-order chi connectivity index (χ1) is 16.5. The largest absolute Gasteiger partial charge is 0.481 e. The number of aliphatic carboxylic acids is 1. The highest BCUT2D eigenvalue weighted by Gasteiger charge is 2.28. The van der Waals surface area contributed by atoms with Gasteiger partial charge in [-0.3, -0.25) is 9.59 Å². The van der Waals surface area contributed by atoms with Crippen molar-refractivity contribution in [2.24, 2.45) is 5.92 Å². The molecule has 2 aromatic carbocycles. The zero-order valence-corrected chi connectivity index (χ0v) is 19.4. The molecule has 3 N–H and O–H groups in total. The number of benzene rings is 2. The van der Waals surface area contributed by atoms with Crippen molar-refractivity contribution in [1.29, 1.82) is 0 Å². The maximum atomic E-state index is 12.1. The average Bonchev–Trinajstić information content (AvgIpc) is 3.16. The average molecular weight is 469 g/mol. The van der Waals surface area contributed by atoms with Crippen LogP contribution in [0.4, 0.5) is 4.79 Å². The van der Waals surface area contributed by atoms with Crippen LogP contribution in [0.25, 0.3) is 11.1 Å². The summed E-state index contributed by atoms with van der Waals surface area (Å²) in [6, 6.07) is 16.3. The van der Waals surface area contributed by atoms with Crippen molar-refractivity contribution >= 4 is 18.0 Å². The third-order valence-electron chi connectivity index (χ3n) is 5.96. The summed E-state index contributed by atoms with van der Waals surface area (Å²) in [5.41, 5.74) is 4.67. The third kappa shape index (κ3) is 7.05. The number of carboxylic acid groups (broad SMARTS) is 1. The lowest BCUT2D eigenvalue weighted by molar-refractivity contribution is -0.138. The lowest BCUT2D eigenvalue weighted by atomic mass is 9.98. The fourth-order valence-electron chi connectivity index (χ4n) is 4.10. The summed E-state index contributed by atoms with van der Waals surface area (Å²) in [6.07, 6.45) is 0.390. The van der Waals surface area contributed by atoms with Crippen molar-refractivity contribution in [3.8, 4) is 11.1 Å². The highest BCUT2D eigenvalue weighted by atomic mass is 16.5. The van der Waals surface area contributed by atoms with Gasteiger partial charge in [0.2, 0.25) is 5.91 Å². The predicted octanol–water partition coefficient (Wildman–Crippen LogP) is 3.55. The summed E-state index contributed by atoms with van der Waals surface area (Å²) in [4.78, 5) is 34.7. The van der Waals surface area contributed by atoms with E-state index in [0.29, 0.717) is 13.0 Å². The maximum absolute atomic E-state index is 12.1.